The largest absolute Gasteiger partial charge is 0.389 e. The van der Waals surface area contributed by atoms with Crippen molar-refractivity contribution in [2.24, 2.45) is 0 Å². The predicted octanol–water partition coefficient (Wildman–Crippen LogP) is 2.04. The van der Waals surface area contributed by atoms with E-state index >= 15 is 0 Å². The maximum Gasteiger partial charge on any atom is 0.0748 e. The highest BCUT2D eigenvalue weighted by molar-refractivity contribution is 8.00. The van der Waals surface area contributed by atoms with E-state index in [4.69, 9.17) is 0 Å². The van der Waals surface area contributed by atoms with E-state index in [1.54, 1.807) is 0 Å². The highest BCUT2D eigenvalue weighted by Gasteiger charge is 2.34. The Hall–Kier alpha value is 0.310. The highest BCUT2D eigenvalue weighted by Crippen LogP contribution is 2.36. The van der Waals surface area contributed by atoms with Crippen LogP contribution in [-0.4, -0.2) is 21.7 Å². The fourth-order valence-electron chi connectivity index (χ4n) is 1.59. The average molecular weight is 160 g/mol. The van der Waals surface area contributed by atoms with Gasteiger partial charge in [-0.15, -0.1) is 0 Å². The summed E-state index contributed by atoms with van der Waals surface area (Å²) in [7, 11) is 0. The second-order valence-corrected chi connectivity index (χ2v) is 4.73. The molecule has 0 aromatic heterocycles. The molecule has 0 radical (unpaired) electrons. The molecule has 1 aliphatic heterocycles. The van der Waals surface area contributed by atoms with Crippen LogP contribution in [0.4, 0.5) is 0 Å². The lowest BCUT2D eigenvalue weighted by molar-refractivity contribution is 0.0540. The number of thioether (sulfide) groups is 1. The van der Waals surface area contributed by atoms with Crippen molar-refractivity contribution in [3.63, 3.8) is 0 Å². The van der Waals surface area contributed by atoms with Gasteiger partial charge in [0.05, 0.1) is 5.60 Å². The summed E-state index contributed by atoms with van der Waals surface area (Å²) in [6, 6.07) is 0. The van der Waals surface area contributed by atoms with Crippen LogP contribution in [0.3, 0.4) is 0 Å². The van der Waals surface area contributed by atoms with Crippen molar-refractivity contribution < 1.29 is 5.11 Å². The van der Waals surface area contributed by atoms with E-state index in [2.05, 4.69) is 13.8 Å². The predicted molar refractivity (Wildman–Crippen MR) is 46.4 cm³/mol. The molecule has 1 heterocycles. The Bertz CT molecular complexity index is 112. The second-order valence-electron chi connectivity index (χ2n) is 3.30. The highest BCUT2D eigenvalue weighted by atomic mass is 32.2. The molecule has 1 rings (SSSR count). The van der Waals surface area contributed by atoms with Crippen LogP contribution in [0, 0.1) is 0 Å². The third kappa shape index (κ3) is 1.89. The van der Waals surface area contributed by atoms with Crippen molar-refractivity contribution in [2.75, 3.05) is 5.75 Å². The van der Waals surface area contributed by atoms with E-state index in [9.17, 15) is 5.11 Å². The Morgan fingerprint density at radius 2 is 2.40 bits per heavy atom. The molecule has 1 fully saturated rings. The van der Waals surface area contributed by atoms with Gasteiger partial charge in [-0.25, -0.2) is 0 Å². The Labute approximate surface area is 67.2 Å². The molecule has 0 spiro atoms. The first-order chi connectivity index (χ1) is 4.66. The van der Waals surface area contributed by atoms with Crippen molar-refractivity contribution in [1.29, 1.82) is 0 Å². The third-order valence-corrected chi connectivity index (χ3v) is 3.46. The molecular formula is C8H16OS. The molecule has 1 saturated heterocycles. The number of hydrogen-bond acceptors (Lipinski definition) is 2. The SMILES string of the molecule is CCCC1(O)CSC(C)C1. The van der Waals surface area contributed by atoms with E-state index < -0.39 is 0 Å². The third-order valence-electron chi connectivity index (χ3n) is 2.02. The van der Waals surface area contributed by atoms with E-state index in [1.807, 2.05) is 11.8 Å². The summed E-state index contributed by atoms with van der Waals surface area (Å²) in [4.78, 5) is 0. The number of hydrogen-bond donors (Lipinski definition) is 1. The topological polar surface area (TPSA) is 20.2 Å². The molecule has 0 aromatic carbocycles. The van der Waals surface area contributed by atoms with Gasteiger partial charge in [-0.1, -0.05) is 20.3 Å². The Morgan fingerprint density at radius 1 is 1.70 bits per heavy atom. The van der Waals surface area contributed by atoms with Gasteiger partial charge in [-0.2, -0.15) is 11.8 Å². The molecule has 10 heavy (non-hydrogen) atoms. The fraction of sp³-hybridized carbons (Fsp3) is 1.00. The summed E-state index contributed by atoms with van der Waals surface area (Å²) >= 11 is 1.89. The van der Waals surface area contributed by atoms with Crippen LogP contribution in [0.2, 0.25) is 0 Å². The molecule has 0 aromatic rings. The van der Waals surface area contributed by atoms with Gasteiger partial charge in [-0.3, -0.25) is 0 Å². The molecule has 1 aliphatic rings. The zero-order valence-electron chi connectivity index (χ0n) is 6.76. The summed E-state index contributed by atoms with van der Waals surface area (Å²) in [6.45, 7) is 4.32. The van der Waals surface area contributed by atoms with Crippen LogP contribution < -0.4 is 0 Å². The molecule has 2 atom stereocenters. The number of rotatable bonds is 2. The minimum Gasteiger partial charge on any atom is -0.389 e. The van der Waals surface area contributed by atoms with Crippen LogP contribution in [-0.2, 0) is 0 Å². The summed E-state index contributed by atoms with van der Waals surface area (Å²) in [5, 5.41) is 10.5. The van der Waals surface area contributed by atoms with Gasteiger partial charge in [-0.05, 0) is 12.8 Å². The molecule has 1 N–H and O–H groups in total. The van der Waals surface area contributed by atoms with Crippen LogP contribution in [0.15, 0.2) is 0 Å². The standard InChI is InChI=1S/C8H16OS/c1-3-4-8(9)5-7(2)10-6-8/h7,9H,3-6H2,1-2H3. The molecule has 0 saturated carbocycles. The maximum atomic E-state index is 9.84. The van der Waals surface area contributed by atoms with E-state index in [1.165, 1.54) is 0 Å². The first kappa shape index (κ1) is 8.41. The first-order valence-electron chi connectivity index (χ1n) is 4.00. The Balaban J connectivity index is 2.38. The van der Waals surface area contributed by atoms with Gasteiger partial charge in [0.15, 0.2) is 0 Å². The van der Waals surface area contributed by atoms with Gasteiger partial charge in [0.1, 0.15) is 0 Å². The lowest BCUT2D eigenvalue weighted by Crippen LogP contribution is -2.27. The van der Waals surface area contributed by atoms with E-state index in [0.717, 1.165) is 25.0 Å². The molecular weight excluding hydrogens is 144 g/mol. The van der Waals surface area contributed by atoms with Gasteiger partial charge in [0.25, 0.3) is 0 Å². The minimum absolute atomic E-state index is 0.321. The monoisotopic (exact) mass is 160 g/mol. The quantitative estimate of drug-likeness (QED) is 0.667. The lowest BCUT2D eigenvalue weighted by Gasteiger charge is -2.19. The average Bonchev–Trinajstić information content (AvgIpc) is 2.12. The zero-order chi connectivity index (χ0) is 7.61. The van der Waals surface area contributed by atoms with Gasteiger partial charge in [0, 0.05) is 11.0 Å². The van der Waals surface area contributed by atoms with Crippen molar-refractivity contribution in [1.82, 2.24) is 0 Å². The van der Waals surface area contributed by atoms with Gasteiger partial charge >= 0.3 is 0 Å². The number of aliphatic hydroxyl groups is 1. The smallest absolute Gasteiger partial charge is 0.0748 e. The fourth-order valence-corrected chi connectivity index (χ4v) is 2.87. The van der Waals surface area contributed by atoms with Crippen LogP contribution in [0.25, 0.3) is 0 Å². The molecule has 2 heteroatoms. The van der Waals surface area contributed by atoms with Crippen molar-refractivity contribution in [2.45, 2.75) is 44.0 Å². The van der Waals surface area contributed by atoms with Crippen LogP contribution >= 0.6 is 11.8 Å². The summed E-state index contributed by atoms with van der Waals surface area (Å²) < 4.78 is 0. The second kappa shape index (κ2) is 3.14. The van der Waals surface area contributed by atoms with Crippen molar-refractivity contribution >= 4 is 11.8 Å². The molecule has 1 nitrogen and oxygen atoms in total. The maximum absolute atomic E-state index is 9.84. The van der Waals surface area contributed by atoms with Crippen molar-refractivity contribution in [3.05, 3.63) is 0 Å². The van der Waals surface area contributed by atoms with Crippen LogP contribution in [0.5, 0.6) is 0 Å². The summed E-state index contributed by atoms with van der Waals surface area (Å²) in [5.74, 6) is 0.946. The normalized spacial score (nSPS) is 40.5. The Morgan fingerprint density at radius 3 is 2.80 bits per heavy atom. The van der Waals surface area contributed by atoms with E-state index in [-0.39, 0.29) is 5.60 Å². The van der Waals surface area contributed by atoms with Crippen LogP contribution in [0.1, 0.15) is 33.1 Å². The van der Waals surface area contributed by atoms with Gasteiger partial charge < -0.3 is 5.11 Å². The zero-order valence-corrected chi connectivity index (χ0v) is 7.58. The molecule has 0 bridgehead atoms. The molecule has 60 valence electrons. The van der Waals surface area contributed by atoms with Crippen molar-refractivity contribution in [3.8, 4) is 0 Å². The summed E-state index contributed by atoms with van der Waals surface area (Å²) in [6.07, 6.45) is 3.07. The molecule has 0 amide bonds. The summed E-state index contributed by atoms with van der Waals surface area (Å²) in [5.41, 5.74) is -0.321. The first-order valence-corrected chi connectivity index (χ1v) is 5.05. The van der Waals surface area contributed by atoms with Gasteiger partial charge in [0.2, 0.25) is 0 Å². The molecule has 0 aliphatic carbocycles. The lowest BCUT2D eigenvalue weighted by atomic mass is 9.95. The minimum atomic E-state index is -0.321. The van der Waals surface area contributed by atoms with E-state index in [0.29, 0.717) is 5.25 Å². The Kier molecular flexibility index (Phi) is 2.64. The molecule has 2 unspecified atom stereocenters.